The summed E-state index contributed by atoms with van der Waals surface area (Å²) in [6.45, 7) is -0.520. The maximum atomic E-state index is 11.4. The summed E-state index contributed by atoms with van der Waals surface area (Å²) in [4.78, 5) is 12.8. The van der Waals surface area contributed by atoms with Gasteiger partial charge < -0.3 is 4.90 Å². The third-order valence-corrected chi connectivity index (χ3v) is 1.84. The predicted octanol–water partition coefficient (Wildman–Crippen LogP) is 1.27. The van der Waals surface area contributed by atoms with Crippen LogP contribution >= 0.6 is 0 Å². The van der Waals surface area contributed by atoms with E-state index in [9.17, 15) is 4.79 Å². The van der Waals surface area contributed by atoms with Crippen molar-refractivity contribution in [3.8, 4) is 0 Å². The second-order valence-electron chi connectivity index (χ2n) is 2.63. The SMILES string of the molecule is [2H]C1c2ccccc2C(=O)N1C. The van der Waals surface area contributed by atoms with Crippen molar-refractivity contribution in [3.63, 3.8) is 0 Å². The summed E-state index contributed by atoms with van der Waals surface area (Å²) in [5, 5.41) is 0. The highest BCUT2D eigenvalue weighted by Crippen LogP contribution is 2.19. The van der Waals surface area contributed by atoms with Crippen molar-refractivity contribution in [2.75, 3.05) is 7.05 Å². The summed E-state index contributed by atoms with van der Waals surface area (Å²) in [6.07, 6.45) is 0. The van der Waals surface area contributed by atoms with Gasteiger partial charge in [0.25, 0.3) is 5.91 Å². The second-order valence-corrected chi connectivity index (χ2v) is 2.63. The van der Waals surface area contributed by atoms with E-state index in [-0.39, 0.29) is 5.91 Å². The number of benzene rings is 1. The fourth-order valence-electron chi connectivity index (χ4n) is 1.26. The zero-order chi connectivity index (χ0) is 8.72. The van der Waals surface area contributed by atoms with Crippen molar-refractivity contribution in [1.82, 2.24) is 4.90 Å². The largest absolute Gasteiger partial charge is 0.337 e. The number of fused-ring (bicyclic) bond motifs is 1. The zero-order valence-corrected chi connectivity index (χ0v) is 6.24. The number of hydrogen-bond acceptors (Lipinski definition) is 1. The molecule has 1 atom stereocenters. The number of carbonyl (C=O) groups excluding carboxylic acids is 1. The van der Waals surface area contributed by atoms with Crippen molar-refractivity contribution in [2.24, 2.45) is 0 Å². The summed E-state index contributed by atoms with van der Waals surface area (Å²) >= 11 is 0. The lowest BCUT2D eigenvalue weighted by molar-refractivity contribution is 0.0816. The van der Waals surface area contributed by atoms with Crippen LogP contribution in [0.2, 0.25) is 0 Å². The number of carbonyl (C=O) groups is 1. The Morgan fingerprint density at radius 3 is 3.00 bits per heavy atom. The van der Waals surface area contributed by atoms with Gasteiger partial charge in [-0.15, -0.1) is 0 Å². The standard InChI is InChI=1S/C9H9NO/c1-10-6-7-4-2-3-5-8(7)9(10)11/h2-5H,6H2,1H3/i6D. The topological polar surface area (TPSA) is 20.3 Å². The minimum absolute atomic E-state index is 0.0504. The van der Waals surface area contributed by atoms with E-state index in [1.54, 1.807) is 13.1 Å². The Morgan fingerprint density at radius 2 is 2.27 bits per heavy atom. The van der Waals surface area contributed by atoms with Crippen LogP contribution in [0.25, 0.3) is 0 Å². The Hall–Kier alpha value is -1.31. The number of rotatable bonds is 0. The van der Waals surface area contributed by atoms with Gasteiger partial charge in [-0.3, -0.25) is 4.79 Å². The Kier molecular flexibility index (Phi) is 1.02. The zero-order valence-electron chi connectivity index (χ0n) is 7.24. The van der Waals surface area contributed by atoms with Crippen LogP contribution < -0.4 is 0 Å². The maximum Gasteiger partial charge on any atom is 0.254 e. The van der Waals surface area contributed by atoms with Crippen LogP contribution in [0.5, 0.6) is 0 Å². The Bertz CT molecular complexity index is 337. The van der Waals surface area contributed by atoms with Crippen molar-refractivity contribution in [2.45, 2.75) is 6.52 Å². The molecule has 0 spiro atoms. The van der Waals surface area contributed by atoms with Gasteiger partial charge in [-0.05, 0) is 11.6 Å². The quantitative estimate of drug-likeness (QED) is 0.542. The third-order valence-electron chi connectivity index (χ3n) is 1.84. The van der Waals surface area contributed by atoms with E-state index in [1.165, 1.54) is 4.90 Å². The molecule has 1 aromatic carbocycles. The van der Waals surface area contributed by atoms with Crippen LogP contribution in [-0.2, 0) is 6.52 Å². The molecule has 2 rings (SSSR count). The lowest BCUT2D eigenvalue weighted by Gasteiger charge is -2.04. The van der Waals surface area contributed by atoms with Gasteiger partial charge in [0.05, 0.1) is 1.37 Å². The van der Waals surface area contributed by atoms with Gasteiger partial charge in [0.15, 0.2) is 0 Å². The number of hydrogen-bond donors (Lipinski definition) is 0. The lowest BCUT2D eigenvalue weighted by atomic mass is 10.1. The average molecular weight is 148 g/mol. The number of amides is 1. The molecule has 0 fully saturated rings. The molecule has 1 heterocycles. The minimum Gasteiger partial charge on any atom is -0.337 e. The molecular formula is C9H9NO. The lowest BCUT2D eigenvalue weighted by Crippen LogP contribution is -2.17. The van der Waals surface area contributed by atoms with Crippen LogP contribution in [0, 0.1) is 0 Å². The summed E-state index contributed by atoms with van der Waals surface area (Å²) in [5.74, 6) is -0.0504. The molecular weight excluding hydrogens is 138 g/mol. The van der Waals surface area contributed by atoms with Crippen molar-refractivity contribution in [1.29, 1.82) is 0 Å². The van der Waals surface area contributed by atoms with Crippen LogP contribution in [0.15, 0.2) is 24.3 Å². The van der Waals surface area contributed by atoms with Crippen LogP contribution in [-0.4, -0.2) is 17.9 Å². The predicted molar refractivity (Wildman–Crippen MR) is 42.2 cm³/mol. The first-order valence-electron chi connectivity index (χ1n) is 4.08. The minimum atomic E-state index is -0.520. The van der Waals surface area contributed by atoms with E-state index in [0.29, 0.717) is 5.56 Å². The van der Waals surface area contributed by atoms with Crippen molar-refractivity contribution in [3.05, 3.63) is 35.4 Å². The highest BCUT2D eigenvalue weighted by molar-refractivity contribution is 5.98. The fraction of sp³-hybridized carbons (Fsp3) is 0.222. The molecule has 1 aliphatic heterocycles. The molecule has 56 valence electrons. The Morgan fingerprint density at radius 1 is 1.55 bits per heavy atom. The molecule has 0 aliphatic carbocycles. The first-order chi connectivity index (χ1) is 5.72. The van der Waals surface area contributed by atoms with E-state index in [0.717, 1.165) is 5.56 Å². The molecule has 2 heteroatoms. The van der Waals surface area contributed by atoms with Gasteiger partial charge in [-0.25, -0.2) is 0 Å². The molecule has 1 amide bonds. The van der Waals surface area contributed by atoms with Gasteiger partial charge in [-0.1, -0.05) is 18.2 Å². The maximum absolute atomic E-state index is 11.4. The van der Waals surface area contributed by atoms with Crippen molar-refractivity contribution < 1.29 is 6.17 Å². The monoisotopic (exact) mass is 148 g/mol. The van der Waals surface area contributed by atoms with Gasteiger partial charge in [-0.2, -0.15) is 0 Å². The van der Waals surface area contributed by atoms with Crippen LogP contribution in [0.3, 0.4) is 0 Å². The molecule has 1 aromatic rings. The summed E-state index contributed by atoms with van der Waals surface area (Å²) < 4.78 is 7.66. The molecule has 1 unspecified atom stereocenters. The highest BCUT2D eigenvalue weighted by Gasteiger charge is 2.22. The first kappa shape index (κ1) is 5.35. The normalized spacial score (nSPS) is 23.4. The Balaban J connectivity index is 2.59. The summed E-state index contributed by atoms with van der Waals surface area (Å²) in [7, 11) is 1.65. The summed E-state index contributed by atoms with van der Waals surface area (Å²) in [6, 6.07) is 7.27. The van der Waals surface area contributed by atoms with E-state index < -0.39 is 6.52 Å². The molecule has 0 radical (unpaired) electrons. The van der Waals surface area contributed by atoms with E-state index in [1.807, 2.05) is 18.2 Å². The fourth-order valence-corrected chi connectivity index (χ4v) is 1.26. The summed E-state index contributed by atoms with van der Waals surface area (Å²) in [5.41, 5.74) is 1.48. The molecule has 0 saturated heterocycles. The molecule has 0 saturated carbocycles. The second kappa shape index (κ2) is 2.09. The van der Waals surface area contributed by atoms with E-state index in [2.05, 4.69) is 0 Å². The molecule has 0 N–H and O–H groups in total. The molecule has 0 bridgehead atoms. The van der Waals surface area contributed by atoms with Crippen LogP contribution in [0.1, 0.15) is 17.3 Å². The van der Waals surface area contributed by atoms with Gasteiger partial charge in [0.1, 0.15) is 0 Å². The average Bonchev–Trinajstić information content (AvgIpc) is 2.33. The number of nitrogens with zero attached hydrogens (tertiary/aromatic N) is 1. The molecule has 1 aliphatic rings. The molecule has 11 heavy (non-hydrogen) atoms. The van der Waals surface area contributed by atoms with Gasteiger partial charge in [0, 0.05) is 19.1 Å². The van der Waals surface area contributed by atoms with E-state index >= 15 is 0 Å². The molecule has 2 nitrogen and oxygen atoms in total. The third kappa shape index (κ3) is 0.827. The van der Waals surface area contributed by atoms with E-state index in [4.69, 9.17) is 1.37 Å². The smallest absolute Gasteiger partial charge is 0.254 e. The Labute approximate surface area is 66.8 Å². The van der Waals surface area contributed by atoms with Gasteiger partial charge >= 0.3 is 0 Å². The van der Waals surface area contributed by atoms with Gasteiger partial charge in [0.2, 0.25) is 0 Å². The van der Waals surface area contributed by atoms with Crippen molar-refractivity contribution >= 4 is 5.91 Å². The van der Waals surface area contributed by atoms with Crippen LogP contribution in [0.4, 0.5) is 0 Å². The molecule has 0 aromatic heterocycles. The first-order valence-corrected chi connectivity index (χ1v) is 3.50. The highest BCUT2D eigenvalue weighted by atomic mass is 16.2.